The van der Waals surface area contributed by atoms with Gasteiger partial charge in [-0.3, -0.25) is 9.89 Å². The third-order valence-electron chi connectivity index (χ3n) is 2.26. The number of aromatic nitrogens is 5. The number of carbonyl (C=O) groups is 1. The predicted octanol–water partition coefficient (Wildman–Crippen LogP) is -0.391. The molecule has 0 atom stereocenters. The topological polar surface area (TPSA) is 108 Å². The van der Waals surface area contributed by atoms with Crippen molar-refractivity contribution in [3.8, 4) is 0 Å². The summed E-state index contributed by atoms with van der Waals surface area (Å²) in [4.78, 5) is 15.2. The number of hydrogen-bond donors (Lipinski definition) is 3. The summed E-state index contributed by atoms with van der Waals surface area (Å²) in [6.07, 6.45) is 2.17. The lowest BCUT2D eigenvalue weighted by Gasteiger charge is -2.03. The van der Waals surface area contributed by atoms with Gasteiger partial charge in [0.25, 0.3) is 5.91 Å². The average molecular weight is 247 g/mol. The van der Waals surface area contributed by atoms with E-state index in [9.17, 15) is 4.79 Å². The lowest BCUT2D eigenvalue weighted by atomic mass is 10.3. The molecule has 2 aromatic rings. The fourth-order valence-electron chi connectivity index (χ4n) is 1.34. The van der Waals surface area contributed by atoms with Gasteiger partial charge in [-0.15, -0.1) is 10.2 Å². The monoisotopic (exact) mass is 247 g/mol. The molecule has 0 fully saturated rings. The standard InChI is InChI=1S/C10H13N7O/c1-11-10(18)7-2-3-8(17-15-7)12-5-4-9-13-6-14-16-9/h2-3,6H,4-5H2,1H3,(H,11,18)(H,12,17)(H,13,14,16). The second-order valence-corrected chi connectivity index (χ2v) is 3.49. The second kappa shape index (κ2) is 5.71. The highest BCUT2D eigenvalue weighted by atomic mass is 16.1. The van der Waals surface area contributed by atoms with Crippen LogP contribution in [0.1, 0.15) is 16.3 Å². The molecule has 18 heavy (non-hydrogen) atoms. The predicted molar refractivity (Wildman–Crippen MR) is 64.0 cm³/mol. The molecule has 3 N–H and O–H groups in total. The maximum Gasteiger partial charge on any atom is 0.271 e. The summed E-state index contributed by atoms with van der Waals surface area (Å²) in [5.74, 6) is 1.16. The Hall–Kier alpha value is -2.51. The van der Waals surface area contributed by atoms with Crippen LogP contribution in [0.2, 0.25) is 0 Å². The van der Waals surface area contributed by atoms with Crippen molar-refractivity contribution in [1.29, 1.82) is 0 Å². The van der Waals surface area contributed by atoms with E-state index in [0.29, 0.717) is 24.5 Å². The van der Waals surface area contributed by atoms with Gasteiger partial charge in [-0.2, -0.15) is 5.10 Å². The van der Waals surface area contributed by atoms with Crippen molar-refractivity contribution in [2.75, 3.05) is 18.9 Å². The van der Waals surface area contributed by atoms with Crippen LogP contribution in [-0.2, 0) is 6.42 Å². The maximum atomic E-state index is 11.2. The Bertz CT molecular complexity index is 493. The molecule has 94 valence electrons. The molecule has 0 saturated carbocycles. The molecule has 0 radical (unpaired) electrons. The molecule has 0 aliphatic heterocycles. The highest BCUT2D eigenvalue weighted by molar-refractivity contribution is 5.91. The molecule has 2 aromatic heterocycles. The van der Waals surface area contributed by atoms with Crippen LogP contribution in [0.25, 0.3) is 0 Å². The number of H-pyrrole nitrogens is 1. The quantitative estimate of drug-likeness (QED) is 0.664. The third kappa shape index (κ3) is 3.00. The van der Waals surface area contributed by atoms with Gasteiger partial charge < -0.3 is 10.6 Å². The van der Waals surface area contributed by atoms with Crippen LogP contribution in [0.5, 0.6) is 0 Å². The van der Waals surface area contributed by atoms with Gasteiger partial charge in [0, 0.05) is 20.0 Å². The Labute approximate surface area is 103 Å². The van der Waals surface area contributed by atoms with Crippen LogP contribution < -0.4 is 10.6 Å². The molecule has 2 heterocycles. The fraction of sp³-hybridized carbons (Fsp3) is 0.300. The normalized spacial score (nSPS) is 10.1. The van der Waals surface area contributed by atoms with E-state index in [1.807, 2.05) is 0 Å². The van der Waals surface area contributed by atoms with E-state index in [1.54, 1.807) is 19.2 Å². The fourth-order valence-corrected chi connectivity index (χ4v) is 1.34. The molecule has 0 spiro atoms. The van der Waals surface area contributed by atoms with E-state index in [1.165, 1.54) is 6.33 Å². The minimum atomic E-state index is -0.254. The van der Waals surface area contributed by atoms with Gasteiger partial charge in [0.2, 0.25) is 0 Å². The van der Waals surface area contributed by atoms with E-state index < -0.39 is 0 Å². The lowest BCUT2D eigenvalue weighted by Crippen LogP contribution is -2.20. The number of aromatic amines is 1. The van der Waals surface area contributed by atoms with Crippen LogP contribution >= 0.6 is 0 Å². The van der Waals surface area contributed by atoms with Gasteiger partial charge in [0.15, 0.2) is 5.69 Å². The van der Waals surface area contributed by atoms with E-state index in [0.717, 1.165) is 5.82 Å². The van der Waals surface area contributed by atoms with Crippen LogP contribution in [0.3, 0.4) is 0 Å². The van der Waals surface area contributed by atoms with Crippen LogP contribution in [0, 0.1) is 0 Å². The molecule has 8 nitrogen and oxygen atoms in total. The molecule has 0 saturated heterocycles. The zero-order valence-corrected chi connectivity index (χ0v) is 9.84. The molecule has 0 bridgehead atoms. The van der Waals surface area contributed by atoms with Gasteiger partial charge in [0.05, 0.1) is 0 Å². The van der Waals surface area contributed by atoms with Crippen molar-refractivity contribution in [2.45, 2.75) is 6.42 Å². The van der Waals surface area contributed by atoms with E-state index in [-0.39, 0.29) is 5.91 Å². The minimum Gasteiger partial charge on any atom is -0.368 e. The van der Waals surface area contributed by atoms with Crippen LogP contribution in [0.4, 0.5) is 5.82 Å². The number of nitrogens with zero attached hydrogens (tertiary/aromatic N) is 4. The summed E-state index contributed by atoms with van der Waals surface area (Å²) in [5, 5.41) is 19.8. The van der Waals surface area contributed by atoms with Gasteiger partial charge in [-0.05, 0) is 12.1 Å². The molecule has 0 aliphatic rings. The number of nitrogens with one attached hydrogen (secondary N) is 3. The van der Waals surface area contributed by atoms with Gasteiger partial charge >= 0.3 is 0 Å². The molecule has 0 aromatic carbocycles. The van der Waals surface area contributed by atoms with E-state index in [4.69, 9.17) is 0 Å². The maximum absolute atomic E-state index is 11.2. The van der Waals surface area contributed by atoms with Crippen molar-refractivity contribution in [3.63, 3.8) is 0 Å². The van der Waals surface area contributed by atoms with Gasteiger partial charge in [0.1, 0.15) is 18.0 Å². The van der Waals surface area contributed by atoms with Crippen LogP contribution in [0.15, 0.2) is 18.5 Å². The Kier molecular flexibility index (Phi) is 3.79. The lowest BCUT2D eigenvalue weighted by molar-refractivity contribution is 0.0957. The molecule has 0 aliphatic carbocycles. The van der Waals surface area contributed by atoms with Crippen molar-refractivity contribution in [3.05, 3.63) is 30.0 Å². The molecule has 0 unspecified atom stereocenters. The van der Waals surface area contributed by atoms with Crippen molar-refractivity contribution < 1.29 is 4.79 Å². The Morgan fingerprint density at radius 1 is 1.39 bits per heavy atom. The largest absolute Gasteiger partial charge is 0.368 e. The number of amides is 1. The average Bonchev–Trinajstić information content (AvgIpc) is 2.92. The molecular weight excluding hydrogens is 234 g/mol. The number of carbonyl (C=O) groups excluding carboxylic acids is 1. The van der Waals surface area contributed by atoms with Crippen molar-refractivity contribution in [1.82, 2.24) is 30.7 Å². The first-order valence-corrected chi connectivity index (χ1v) is 5.43. The highest BCUT2D eigenvalue weighted by Gasteiger charge is 2.05. The smallest absolute Gasteiger partial charge is 0.271 e. The Morgan fingerprint density at radius 2 is 2.28 bits per heavy atom. The zero-order valence-electron chi connectivity index (χ0n) is 9.84. The summed E-state index contributed by atoms with van der Waals surface area (Å²) >= 11 is 0. The second-order valence-electron chi connectivity index (χ2n) is 3.49. The van der Waals surface area contributed by atoms with Gasteiger partial charge in [-0.1, -0.05) is 0 Å². The summed E-state index contributed by atoms with van der Waals surface area (Å²) in [7, 11) is 1.55. The summed E-state index contributed by atoms with van der Waals surface area (Å²) in [5.41, 5.74) is 0.290. The summed E-state index contributed by atoms with van der Waals surface area (Å²) < 4.78 is 0. The first kappa shape index (κ1) is 12.0. The molecule has 1 amide bonds. The van der Waals surface area contributed by atoms with Gasteiger partial charge in [-0.25, -0.2) is 4.98 Å². The number of hydrogen-bond acceptors (Lipinski definition) is 6. The Morgan fingerprint density at radius 3 is 2.89 bits per heavy atom. The first-order valence-electron chi connectivity index (χ1n) is 5.43. The zero-order chi connectivity index (χ0) is 12.8. The summed E-state index contributed by atoms with van der Waals surface area (Å²) in [6.45, 7) is 0.656. The minimum absolute atomic E-state index is 0.254. The van der Waals surface area contributed by atoms with E-state index in [2.05, 4.69) is 36.0 Å². The number of rotatable bonds is 5. The highest BCUT2D eigenvalue weighted by Crippen LogP contribution is 2.02. The van der Waals surface area contributed by atoms with Crippen molar-refractivity contribution in [2.24, 2.45) is 0 Å². The number of anilines is 1. The summed E-state index contributed by atoms with van der Waals surface area (Å²) in [6, 6.07) is 3.32. The first-order chi connectivity index (χ1) is 8.79. The molecular formula is C10H13N7O. The van der Waals surface area contributed by atoms with Crippen molar-refractivity contribution >= 4 is 11.7 Å². The molecule has 8 heteroatoms. The van der Waals surface area contributed by atoms with E-state index >= 15 is 0 Å². The van der Waals surface area contributed by atoms with Crippen LogP contribution in [-0.4, -0.2) is 44.9 Å². The third-order valence-corrected chi connectivity index (χ3v) is 2.26. The Balaban J connectivity index is 1.85. The molecule has 2 rings (SSSR count). The SMILES string of the molecule is CNC(=O)c1ccc(NCCc2ncn[nH]2)nn1.